The fraction of sp³-hybridized carbons (Fsp3) is 0.286. The zero-order chi connectivity index (χ0) is 13.1. The topological polar surface area (TPSA) is 61.0 Å². The second-order valence-electron chi connectivity index (χ2n) is 4.42. The maximum absolute atomic E-state index is 5.80. The monoisotopic (exact) mass is 243 g/mol. The van der Waals surface area contributed by atoms with Crippen LogP contribution in [0.2, 0.25) is 0 Å². The molecule has 0 saturated carbocycles. The number of nitrogen functional groups attached to an aromatic ring is 1. The molecule has 1 aromatic heterocycles. The lowest BCUT2D eigenvalue weighted by atomic mass is 10.1. The number of aryl methyl sites for hydroxylation is 2. The molecule has 0 aliphatic carbocycles. The van der Waals surface area contributed by atoms with Crippen molar-refractivity contribution in [1.82, 2.24) is 9.97 Å². The van der Waals surface area contributed by atoms with Crippen LogP contribution < -0.4 is 5.73 Å². The van der Waals surface area contributed by atoms with Gasteiger partial charge in [0.1, 0.15) is 5.82 Å². The van der Waals surface area contributed by atoms with Crippen LogP contribution in [0.1, 0.15) is 16.8 Å². The molecule has 0 aliphatic heterocycles. The highest BCUT2D eigenvalue weighted by Gasteiger charge is 2.06. The Balaban J connectivity index is 2.49. The van der Waals surface area contributed by atoms with Gasteiger partial charge in [-0.05, 0) is 26.0 Å². The second-order valence-corrected chi connectivity index (χ2v) is 4.42. The highest BCUT2D eigenvalue weighted by Crippen LogP contribution is 2.20. The molecule has 4 nitrogen and oxygen atoms in total. The van der Waals surface area contributed by atoms with E-state index in [9.17, 15) is 0 Å². The maximum atomic E-state index is 5.80. The van der Waals surface area contributed by atoms with Gasteiger partial charge in [-0.15, -0.1) is 0 Å². The number of aromatic nitrogens is 2. The van der Waals surface area contributed by atoms with E-state index in [1.165, 1.54) is 11.1 Å². The van der Waals surface area contributed by atoms with Crippen molar-refractivity contribution >= 4 is 5.82 Å². The molecule has 1 heterocycles. The SMILES string of the molecule is COCc1cc(N)nc(-c2cc(C)cc(C)c2)n1. The van der Waals surface area contributed by atoms with E-state index in [-0.39, 0.29) is 0 Å². The van der Waals surface area contributed by atoms with Gasteiger partial charge in [-0.2, -0.15) is 0 Å². The molecular weight excluding hydrogens is 226 g/mol. The van der Waals surface area contributed by atoms with Crippen molar-refractivity contribution in [3.8, 4) is 11.4 Å². The van der Waals surface area contributed by atoms with E-state index in [0.717, 1.165) is 11.3 Å². The average Bonchev–Trinajstić information content (AvgIpc) is 2.27. The van der Waals surface area contributed by atoms with E-state index >= 15 is 0 Å². The average molecular weight is 243 g/mol. The van der Waals surface area contributed by atoms with Crippen LogP contribution in [0.15, 0.2) is 24.3 Å². The van der Waals surface area contributed by atoms with Crippen molar-refractivity contribution in [1.29, 1.82) is 0 Å². The zero-order valence-corrected chi connectivity index (χ0v) is 10.9. The van der Waals surface area contributed by atoms with Gasteiger partial charge >= 0.3 is 0 Å². The lowest BCUT2D eigenvalue weighted by Gasteiger charge is -2.07. The van der Waals surface area contributed by atoms with Crippen molar-refractivity contribution in [2.24, 2.45) is 0 Å². The standard InChI is InChI=1S/C14H17N3O/c1-9-4-10(2)6-11(5-9)14-16-12(8-18-3)7-13(15)17-14/h4-7H,8H2,1-3H3,(H2,15,16,17). The molecule has 0 saturated heterocycles. The molecule has 0 spiro atoms. The molecule has 0 radical (unpaired) electrons. The van der Waals surface area contributed by atoms with Crippen molar-refractivity contribution in [2.75, 3.05) is 12.8 Å². The molecule has 0 fully saturated rings. The van der Waals surface area contributed by atoms with E-state index < -0.39 is 0 Å². The van der Waals surface area contributed by atoms with Gasteiger partial charge in [0.2, 0.25) is 0 Å². The first kappa shape index (κ1) is 12.5. The van der Waals surface area contributed by atoms with Gasteiger partial charge in [0.05, 0.1) is 12.3 Å². The summed E-state index contributed by atoms with van der Waals surface area (Å²) in [5.74, 6) is 1.11. The first-order valence-electron chi connectivity index (χ1n) is 5.79. The summed E-state index contributed by atoms with van der Waals surface area (Å²) in [5.41, 5.74) is 9.94. The third-order valence-electron chi connectivity index (χ3n) is 2.57. The Labute approximate surface area is 107 Å². The summed E-state index contributed by atoms with van der Waals surface area (Å²) in [4.78, 5) is 8.74. The van der Waals surface area contributed by atoms with Crippen molar-refractivity contribution in [3.63, 3.8) is 0 Å². The summed E-state index contributed by atoms with van der Waals surface area (Å²) in [5, 5.41) is 0. The molecule has 2 aromatic rings. The molecule has 4 heteroatoms. The van der Waals surface area contributed by atoms with E-state index in [1.807, 2.05) is 0 Å². The van der Waals surface area contributed by atoms with Gasteiger partial charge in [-0.3, -0.25) is 0 Å². The summed E-state index contributed by atoms with van der Waals surface area (Å²) in [6.07, 6.45) is 0. The lowest BCUT2D eigenvalue weighted by Crippen LogP contribution is -2.01. The fourth-order valence-electron chi connectivity index (χ4n) is 1.97. The van der Waals surface area contributed by atoms with Gasteiger partial charge in [-0.25, -0.2) is 9.97 Å². The van der Waals surface area contributed by atoms with Gasteiger partial charge < -0.3 is 10.5 Å². The summed E-state index contributed by atoms with van der Waals surface area (Å²) < 4.78 is 5.08. The first-order chi connectivity index (χ1) is 8.58. The Morgan fingerprint density at radius 1 is 1.06 bits per heavy atom. The number of ether oxygens (including phenoxy) is 1. The van der Waals surface area contributed by atoms with E-state index in [0.29, 0.717) is 18.2 Å². The van der Waals surface area contributed by atoms with Crippen LogP contribution in [0.4, 0.5) is 5.82 Å². The molecule has 2 N–H and O–H groups in total. The maximum Gasteiger partial charge on any atom is 0.161 e. The first-order valence-corrected chi connectivity index (χ1v) is 5.79. The van der Waals surface area contributed by atoms with Gasteiger partial charge in [0, 0.05) is 18.7 Å². The Morgan fingerprint density at radius 3 is 2.33 bits per heavy atom. The van der Waals surface area contributed by atoms with Gasteiger partial charge in [0.15, 0.2) is 5.82 Å². The summed E-state index contributed by atoms with van der Waals surface area (Å²) in [6, 6.07) is 7.96. The van der Waals surface area contributed by atoms with E-state index in [4.69, 9.17) is 10.5 Å². The molecule has 2 rings (SSSR count). The molecule has 0 bridgehead atoms. The second kappa shape index (κ2) is 5.14. The third-order valence-corrected chi connectivity index (χ3v) is 2.57. The van der Waals surface area contributed by atoms with E-state index in [2.05, 4.69) is 42.0 Å². The highest BCUT2D eigenvalue weighted by molar-refractivity contribution is 5.59. The summed E-state index contributed by atoms with van der Waals surface area (Å²) in [6.45, 7) is 4.54. The zero-order valence-electron chi connectivity index (χ0n) is 10.9. The van der Waals surface area contributed by atoms with Crippen LogP contribution in [0, 0.1) is 13.8 Å². The minimum atomic E-state index is 0.435. The normalized spacial score (nSPS) is 10.6. The highest BCUT2D eigenvalue weighted by atomic mass is 16.5. The smallest absolute Gasteiger partial charge is 0.161 e. The molecular formula is C14H17N3O. The largest absolute Gasteiger partial charge is 0.384 e. The van der Waals surface area contributed by atoms with Crippen molar-refractivity contribution in [3.05, 3.63) is 41.1 Å². The van der Waals surface area contributed by atoms with Crippen molar-refractivity contribution < 1.29 is 4.74 Å². The Bertz CT molecular complexity index is 547. The summed E-state index contributed by atoms with van der Waals surface area (Å²) >= 11 is 0. The predicted molar refractivity (Wildman–Crippen MR) is 72.1 cm³/mol. The molecule has 0 unspecified atom stereocenters. The molecule has 94 valence electrons. The van der Waals surface area contributed by atoms with Crippen molar-refractivity contribution in [2.45, 2.75) is 20.5 Å². The number of nitrogens with two attached hydrogens (primary N) is 1. The molecule has 0 atom stereocenters. The lowest BCUT2D eigenvalue weighted by molar-refractivity contribution is 0.181. The predicted octanol–water partition coefficient (Wildman–Crippen LogP) is 2.49. The number of nitrogens with zero attached hydrogens (tertiary/aromatic N) is 2. The molecule has 0 amide bonds. The Kier molecular flexibility index (Phi) is 3.58. The van der Waals surface area contributed by atoms with Crippen LogP contribution >= 0.6 is 0 Å². The molecule has 18 heavy (non-hydrogen) atoms. The molecule has 1 aromatic carbocycles. The Hall–Kier alpha value is -1.94. The van der Waals surface area contributed by atoms with Gasteiger partial charge in [-0.1, -0.05) is 17.2 Å². The number of anilines is 1. The van der Waals surface area contributed by atoms with Crippen LogP contribution in [0.5, 0.6) is 0 Å². The number of rotatable bonds is 3. The van der Waals surface area contributed by atoms with Crippen LogP contribution in [0.3, 0.4) is 0 Å². The summed E-state index contributed by atoms with van der Waals surface area (Å²) in [7, 11) is 1.63. The van der Waals surface area contributed by atoms with Crippen LogP contribution in [-0.2, 0) is 11.3 Å². The fourth-order valence-corrected chi connectivity index (χ4v) is 1.97. The van der Waals surface area contributed by atoms with Gasteiger partial charge in [0.25, 0.3) is 0 Å². The number of methoxy groups -OCH3 is 1. The number of hydrogen-bond donors (Lipinski definition) is 1. The van der Waals surface area contributed by atoms with Crippen LogP contribution in [0.25, 0.3) is 11.4 Å². The Morgan fingerprint density at radius 2 is 1.72 bits per heavy atom. The van der Waals surface area contributed by atoms with E-state index in [1.54, 1.807) is 13.2 Å². The van der Waals surface area contributed by atoms with Crippen LogP contribution in [-0.4, -0.2) is 17.1 Å². The minimum absolute atomic E-state index is 0.435. The third kappa shape index (κ3) is 2.84. The number of benzene rings is 1. The molecule has 0 aliphatic rings. The minimum Gasteiger partial charge on any atom is -0.384 e. The number of hydrogen-bond acceptors (Lipinski definition) is 4. The quantitative estimate of drug-likeness (QED) is 0.899.